The van der Waals surface area contributed by atoms with Gasteiger partial charge in [0.15, 0.2) is 0 Å². The topological polar surface area (TPSA) is 230 Å². The molecule has 0 unspecified atom stereocenters. The summed E-state index contributed by atoms with van der Waals surface area (Å²) in [6.07, 6.45) is -1.43. The number of primary amides is 2. The third-order valence-corrected chi connectivity index (χ3v) is 4.83. The number of methoxy groups -OCH3 is 1. The Balaban J connectivity index is 2.66. The lowest BCUT2D eigenvalue weighted by atomic mass is 10.1. The first-order valence-electron chi connectivity index (χ1n) is 11.5. The van der Waals surface area contributed by atoms with Crippen LogP contribution in [0.5, 0.6) is 0 Å². The lowest BCUT2D eigenvalue weighted by molar-refractivity contribution is -0.134. The second kappa shape index (κ2) is 16.5. The maximum absolute atomic E-state index is 12.7. The number of carbonyl (C=O) groups excluding carboxylic acids is 6. The van der Waals surface area contributed by atoms with Crippen molar-refractivity contribution in [3.05, 3.63) is 29.8 Å². The van der Waals surface area contributed by atoms with Crippen molar-refractivity contribution in [3.8, 4) is 0 Å². The largest absolute Gasteiger partial charge is 0.445 e. The van der Waals surface area contributed by atoms with Crippen LogP contribution >= 0.6 is 0 Å². The van der Waals surface area contributed by atoms with E-state index in [1.807, 2.05) is 0 Å². The number of rotatable bonds is 16. The normalized spacial score (nSPS) is 12.8. The second-order valence-corrected chi connectivity index (χ2v) is 8.09. The van der Waals surface area contributed by atoms with Crippen LogP contribution in [-0.4, -0.2) is 80.7 Å². The molecule has 1 aromatic carbocycles. The van der Waals surface area contributed by atoms with Crippen molar-refractivity contribution in [3.63, 3.8) is 0 Å². The molecular formula is C23H34N6O9. The molecule has 0 fully saturated rings. The minimum Gasteiger partial charge on any atom is -0.445 e. The van der Waals surface area contributed by atoms with Gasteiger partial charge in [0.25, 0.3) is 0 Å². The number of nitrogens with two attached hydrogens (primary N) is 2. The van der Waals surface area contributed by atoms with E-state index in [0.717, 1.165) is 0 Å². The standard InChI is InChI=1S/C23H34N6O9/c1-13(26-19(31)12-37-9-8-36-3)20(32)27-14(2)21(33)29-17(10-18(24)30)22(34)28-16-6-4-15(5-7-16)11-38-23(25)35/h4-7,13-14,17H,8-12H2,1-3H3,(H2,24,30)(H2,25,35)(H,26,31)(H,27,32)(H,28,34)(H,29,33)/t13-,14-,17-/m1/s1. The van der Waals surface area contributed by atoms with E-state index >= 15 is 0 Å². The lowest BCUT2D eigenvalue weighted by Crippen LogP contribution is -2.55. The third-order valence-electron chi connectivity index (χ3n) is 4.83. The molecule has 3 atom stereocenters. The molecule has 1 rings (SSSR count). The fourth-order valence-electron chi connectivity index (χ4n) is 2.84. The van der Waals surface area contributed by atoms with Crippen LogP contribution in [0.2, 0.25) is 0 Å². The molecule has 0 spiro atoms. The molecule has 15 nitrogen and oxygen atoms in total. The summed E-state index contributed by atoms with van der Waals surface area (Å²) in [6, 6.07) is 2.74. The molecule has 6 amide bonds. The van der Waals surface area contributed by atoms with E-state index in [9.17, 15) is 28.8 Å². The van der Waals surface area contributed by atoms with Gasteiger partial charge in [0.05, 0.1) is 19.6 Å². The van der Waals surface area contributed by atoms with Crippen LogP contribution in [0.4, 0.5) is 10.5 Å². The summed E-state index contributed by atoms with van der Waals surface area (Å²) in [5.74, 6) is -3.53. The average Bonchev–Trinajstić information content (AvgIpc) is 2.85. The molecule has 0 aliphatic heterocycles. The monoisotopic (exact) mass is 538 g/mol. The molecule has 1 aromatic rings. The maximum atomic E-state index is 12.7. The molecule has 0 bridgehead atoms. The molecule has 0 saturated heterocycles. The van der Waals surface area contributed by atoms with Crippen LogP contribution in [0.15, 0.2) is 24.3 Å². The van der Waals surface area contributed by atoms with Crippen molar-refractivity contribution in [2.75, 3.05) is 32.2 Å². The first-order chi connectivity index (χ1) is 17.9. The molecule has 0 radical (unpaired) electrons. The molecule has 0 aliphatic carbocycles. The van der Waals surface area contributed by atoms with Gasteiger partial charge in [-0.2, -0.15) is 0 Å². The fourth-order valence-corrected chi connectivity index (χ4v) is 2.84. The van der Waals surface area contributed by atoms with E-state index < -0.39 is 60.2 Å². The summed E-state index contributed by atoms with van der Waals surface area (Å²) < 4.78 is 14.5. The maximum Gasteiger partial charge on any atom is 0.404 e. The van der Waals surface area contributed by atoms with Gasteiger partial charge in [-0.25, -0.2) is 4.79 Å². The molecule has 210 valence electrons. The van der Waals surface area contributed by atoms with Crippen molar-refractivity contribution in [2.24, 2.45) is 11.5 Å². The molecule has 38 heavy (non-hydrogen) atoms. The predicted octanol–water partition coefficient (Wildman–Crippen LogP) is -1.75. The highest BCUT2D eigenvalue weighted by atomic mass is 16.5. The van der Waals surface area contributed by atoms with Crippen molar-refractivity contribution >= 4 is 41.3 Å². The van der Waals surface area contributed by atoms with Crippen LogP contribution < -0.4 is 32.7 Å². The smallest absolute Gasteiger partial charge is 0.404 e. The zero-order valence-corrected chi connectivity index (χ0v) is 21.4. The van der Waals surface area contributed by atoms with Gasteiger partial charge in [-0.3, -0.25) is 24.0 Å². The summed E-state index contributed by atoms with van der Waals surface area (Å²) in [7, 11) is 1.49. The predicted molar refractivity (Wildman–Crippen MR) is 133 cm³/mol. The lowest BCUT2D eigenvalue weighted by Gasteiger charge is -2.22. The van der Waals surface area contributed by atoms with E-state index in [1.54, 1.807) is 12.1 Å². The first-order valence-corrected chi connectivity index (χ1v) is 11.5. The highest BCUT2D eigenvalue weighted by Gasteiger charge is 2.27. The zero-order chi connectivity index (χ0) is 28.7. The van der Waals surface area contributed by atoms with Gasteiger partial charge in [0, 0.05) is 12.8 Å². The Labute approximate surface area is 219 Å². The fraction of sp³-hybridized carbons (Fsp3) is 0.478. The highest BCUT2D eigenvalue weighted by Crippen LogP contribution is 2.11. The number of hydrogen-bond acceptors (Lipinski definition) is 9. The third kappa shape index (κ3) is 12.6. The SMILES string of the molecule is COCCOCC(=O)N[C@H](C)C(=O)N[C@H](C)C(=O)N[C@H](CC(N)=O)C(=O)Nc1ccc(COC(N)=O)cc1. The van der Waals surface area contributed by atoms with E-state index in [2.05, 4.69) is 26.0 Å². The van der Waals surface area contributed by atoms with E-state index in [0.29, 0.717) is 17.9 Å². The number of carbonyl (C=O) groups is 6. The summed E-state index contributed by atoms with van der Waals surface area (Å²) in [6.45, 7) is 2.97. The Hall–Kier alpha value is -4.24. The minimum atomic E-state index is -1.33. The van der Waals surface area contributed by atoms with Gasteiger partial charge in [0.1, 0.15) is 31.3 Å². The number of nitrogens with one attached hydrogen (secondary N) is 4. The van der Waals surface area contributed by atoms with Crippen LogP contribution in [-0.2, 0) is 44.8 Å². The number of ether oxygens (including phenoxy) is 3. The van der Waals surface area contributed by atoms with Gasteiger partial charge in [-0.05, 0) is 31.5 Å². The van der Waals surface area contributed by atoms with Crippen molar-refractivity contribution in [2.45, 2.75) is 45.0 Å². The van der Waals surface area contributed by atoms with Crippen molar-refractivity contribution in [1.82, 2.24) is 16.0 Å². The molecule has 0 aromatic heterocycles. The number of hydrogen-bond donors (Lipinski definition) is 6. The van der Waals surface area contributed by atoms with Crippen LogP contribution in [0.1, 0.15) is 25.8 Å². The Morgan fingerprint density at radius 3 is 2.03 bits per heavy atom. The molecule has 0 aliphatic rings. The number of anilines is 1. The van der Waals surface area contributed by atoms with Crippen molar-refractivity contribution < 1.29 is 43.0 Å². The van der Waals surface area contributed by atoms with E-state index in [1.165, 1.54) is 33.1 Å². The van der Waals surface area contributed by atoms with E-state index in [-0.39, 0.29) is 19.8 Å². The first kappa shape index (κ1) is 31.8. The quantitative estimate of drug-likeness (QED) is 0.131. The van der Waals surface area contributed by atoms with Gasteiger partial charge >= 0.3 is 6.09 Å². The summed E-state index contributed by atoms with van der Waals surface area (Å²) in [5, 5.41) is 9.76. The minimum absolute atomic E-state index is 0.0576. The molecule has 0 saturated carbocycles. The Morgan fingerprint density at radius 1 is 0.842 bits per heavy atom. The summed E-state index contributed by atoms with van der Waals surface area (Å²) >= 11 is 0. The van der Waals surface area contributed by atoms with Crippen LogP contribution in [0.25, 0.3) is 0 Å². The highest BCUT2D eigenvalue weighted by molar-refractivity contribution is 6.00. The molecule has 8 N–H and O–H groups in total. The number of benzene rings is 1. The Morgan fingerprint density at radius 2 is 1.45 bits per heavy atom. The average molecular weight is 539 g/mol. The Kier molecular flexibility index (Phi) is 13.8. The molecule has 15 heteroatoms. The second-order valence-electron chi connectivity index (χ2n) is 8.09. The molecular weight excluding hydrogens is 504 g/mol. The van der Waals surface area contributed by atoms with Gasteiger partial charge < -0.3 is 46.9 Å². The number of amides is 6. The van der Waals surface area contributed by atoms with Crippen LogP contribution in [0.3, 0.4) is 0 Å². The van der Waals surface area contributed by atoms with Crippen molar-refractivity contribution in [1.29, 1.82) is 0 Å². The van der Waals surface area contributed by atoms with Gasteiger partial charge in [-0.15, -0.1) is 0 Å². The summed E-state index contributed by atoms with van der Waals surface area (Å²) in [5.41, 5.74) is 11.1. The Bertz CT molecular complexity index is 986. The van der Waals surface area contributed by atoms with Crippen LogP contribution in [0, 0.1) is 0 Å². The van der Waals surface area contributed by atoms with Gasteiger partial charge in [-0.1, -0.05) is 12.1 Å². The zero-order valence-electron chi connectivity index (χ0n) is 21.4. The van der Waals surface area contributed by atoms with E-state index in [4.69, 9.17) is 20.9 Å². The van der Waals surface area contributed by atoms with Gasteiger partial charge in [0.2, 0.25) is 29.5 Å². The summed E-state index contributed by atoms with van der Waals surface area (Å²) in [4.78, 5) is 71.7. The molecule has 0 heterocycles.